The zero-order valence-corrected chi connectivity index (χ0v) is 12.2. The van der Waals surface area contributed by atoms with E-state index in [4.69, 9.17) is 4.74 Å². The van der Waals surface area contributed by atoms with Crippen LogP contribution in [-0.4, -0.2) is 16.5 Å². The lowest BCUT2D eigenvalue weighted by Gasteiger charge is -2.07. The third-order valence-electron chi connectivity index (χ3n) is 2.77. The molecule has 20 heavy (non-hydrogen) atoms. The Morgan fingerprint density at radius 1 is 1.20 bits per heavy atom. The molecule has 0 aliphatic carbocycles. The van der Waals surface area contributed by atoms with Gasteiger partial charge in [0.2, 0.25) is 0 Å². The zero-order valence-electron chi connectivity index (χ0n) is 10.7. The standard InChI is InChI=1S/C14H13BrN2O3/c15-10-12-1-2-14(13(9-12)17(18)19)20-8-5-11-3-6-16-7-4-11/h1-4,6-7,9H,5,8,10H2. The van der Waals surface area contributed by atoms with Gasteiger partial charge in [-0.05, 0) is 29.3 Å². The van der Waals surface area contributed by atoms with Crippen LogP contribution in [0, 0.1) is 10.1 Å². The average Bonchev–Trinajstić information content (AvgIpc) is 2.48. The highest BCUT2D eigenvalue weighted by atomic mass is 79.9. The summed E-state index contributed by atoms with van der Waals surface area (Å²) < 4.78 is 5.52. The quantitative estimate of drug-likeness (QED) is 0.460. The van der Waals surface area contributed by atoms with E-state index in [1.165, 1.54) is 6.07 Å². The number of hydrogen-bond donors (Lipinski definition) is 0. The molecule has 0 aliphatic rings. The number of pyridine rings is 1. The predicted molar refractivity (Wildman–Crippen MR) is 79.2 cm³/mol. The molecule has 1 aromatic heterocycles. The highest BCUT2D eigenvalue weighted by molar-refractivity contribution is 9.08. The van der Waals surface area contributed by atoms with Gasteiger partial charge >= 0.3 is 5.69 Å². The first-order valence-corrected chi connectivity index (χ1v) is 7.18. The van der Waals surface area contributed by atoms with E-state index in [9.17, 15) is 10.1 Å². The van der Waals surface area contributed by atoms with Crippen molar-refractivity contribution >= 4 is 21.6 Å². The van der Waals surface area contributed by atoms with Crippen LogP contribution < -0.4 is 4.74 Å². The summed E-state index contributed by atoms with van der Waals surface area (Å²) in [6.45, 7) is 0.387. The van der Waals surface area contributed by atoms with E-state index in [-0.39, 0.29) is 5.69 Å². The van der Waals surface area contributed by atoms with Gasteiger partial charge in [0.1, 0.15) is 0 Å². The van der Waals surface area contributed by atoms with Gasteiger partial charge in [0.05, 0.1) is 11.5 Å². The average molecular weight is 337 g/mol. The van der Waals surface area contributed by atoms with Crippen molar-refractivity contribution in [3.8, 4) is 5.75 Å². The Hall–Kier alpha value is -1.95. The summed E-state index contributed by atoms with van der Waals surface area (Å²) in [7, 11) is 0. The van der Waals surface area contributed by atoms with Crippen LogP contribution in [0.4, 0.5) is 5.69 Å². The van der Waals surface area contributed by atoms with E-state index in [1.54, 1.807) is 18.5 Å². The fourth-order valence-corrected chi connectivity index (χ4v) is 2.09. The van der Waals surface area contributed by atoms with Crippen molar-refractivity contribution in [3.05, 3.63) is 64.0 Å². The van der Waals surface area contributed by atoms with E-state index in [2.05, 4.69) is 20.9 Å². The number of rotatable bonds is 6. The Labute approximate surface area is 124 Å². The first kappa shape index (κ1) is 14.5. The van der Waals surface area contributed by atoms with Crippen LogP contribution in [0.15, 0.2) is 42.7 Å². The van der Waals surface area contributed by atoms with Crippen LogP contribution in [0.1, 0.15) is 11.1 Å². The molecule has 5 nitrogen and oxygen atoms in total. The molecule has 0 spiro atoms. The molecule has 6 heteroatoms. The van der Waals surface area contributed by atoms with Gasteiger partial charge in [0, 0.05) is 30.2 Å². The second-order valence-corrected chi connectivity index (χ2v) is 4.71. The van der Waals surface area contributed by atoms with E-state index >= 15 is 0 Å². The van der Waals surface area contributed by atoms with Crippen molar-refractivity contribution in [2.45, 2.75) is 11.8 Å². The van der Waals surface area contributed by atoms with Crippen LogP contribution in [0.25, 0.3) is 0 Å². The number of nitrogens with zero attached hydrogens (tertiary/aromatic N) is 2. The molecule has 2 rings (SSSR count). The minimum absolute atomic E-state index is 0.00308. The molecule has 0 saturated carbocycles. The minimum Gasteiger partial charge on any atom is -0.486 e. The number of benzene rings is 1. The molecule has 104 valence electrons. The molecule has 0 atom stereocenters. The van der Waals surface area contributed by atoms with Gasteiger partial charge in [-0.15, -0.1) is 0 Å². The molecular formula is C14H13BrN2O3. The second-order valence-electron chi connectivity index (χ2n) is 4.15. The Morgan fingerprint density at radius 2 is 1.95 bits per heavy atom. The minimum atomic E-state index is -0.423. The zero-order chi connectivity index (χ0) is 14.4. The molecule has 0 saturated heterocycles. The van der Waals surface area contributed by atoms with Crippen molar-refractivity contribution in [3.63, 3.8) is 0 Å². The Balaban J connectivity index is 2.04. The molecular weight excluding hydrogens is 324 g/mol. The summed E-state index contributed by atoms with van der Waals surface area (Å²) >= 11 is 3.28. The topological polar surface area (TPSA) is 65.3 Å². The molecule has 0 radical (unpaired) electrons. The summed E-state index contributed by atoms with van der Waals surface area (Å²) in [5.74, 6) is 0.300. The first-order chi connectivity index (χ1) is 9.70. The molecule has 0 amide bonds. The maximum Gasteiger partial charge on any atom is 0.311 e. The van der Waals surface area contributed by atoms with E-state index in [0.717, 1.165) is 11.1 Å². The van der Waals surface area contributed by atoms with Gasteiger partial charge < -0.3 is 4.74 Å². The predicted octanol–water partition coefficient (Wildman–Crippen LogP) is 3.51. The summed E-state index contributed by atoms with van der Waals surface area (Å²) in [5.41, 5.74) is 1.93. The molecule has 0 aliphatic heterocycles. The molecule has 0 fully saturated rings. The van der Waals surface area contributed by atoms with Crippen molar-refractivity contribution < 1.29 is 9.66 Å². The maximum atomic E-state index is 11.0. The normalized spacial score (nSPS) is 10.2. The Kier molecular flexibility index (Phi) is 5.06. The SMILES string of the molecule is O=[N+]([O-])c1cc(CBr)ccc1OCCc1ccncc1. The highest BCUT2D eigenvalue weighted by Crippen LogP contribution is 2.28. The van der Waals surface area contributed by atoms with Crippen molar-refractivity contribution in [2.24, 2.45) is 0 Å². The van der Waals surface area contributed by atoms with Gasteiger partial charge in [-0.1, -0.05) is 22.0 Å². The number of nitro benzene ring substituents is 1. The highest BCUT2D eigenvalue weighted by Gasteiger charge is 2.15. The third kappa shape index (κ3) is 3.77. The summed E-state index contributed by atoms with van der Waals surface area (Å²) in [6.07, 6.45) is 4.10. The maximum absolute atomic E-state index is 11.0. The lowest BCUT2D eigenvalue weighted by atomic mass is 10.2. The van der Waals surface area contributed by atoms with Crippen LogP contribution in [0.2, 0.25) is 0 Å². The van der Waals surface area contributed by atoms with Gasteiger partial charge in [0.15, 0.2) is 5.75 Å². The van der Waals surface area contributed by atoms with Crippen molar-refractivity contribution in [1.29, 1.82) is 0 Å². The molecule has 2 aromatic rings. The summed E-state index contributed by atoms with van der Waals surface area (Å²) in [4.78, 5) is 14.5. The van der Waals surface area contributed by atoms with Gasteiger partial charge in [-0.3, -0.25) is 15.1 Å². The van der Waals surface area contributed by atoms with Crippen molar-refractivity contribution in [1.82, 2.24) is 4.98 Å². The smallest absolute Gasteiger partial charge is 0.311 e. The molecule has 0 N–H and O–H groups in total. The molecule has 0 unspecified atom stereocenters. The first-order valence-electron chi connectivity index (χ1n) is 6.05. The monoisotopic (exact) mass is 336 g/mol. The van der Waals surface area contributed by atoms with Gasteiger partial charge in [-0.25, -0.2) is 0 Å². The number of aromatic nitrogens is 1. The van der Waals surface area contributed by atoms with Crippen LogP contribution in [0.5, 0.6) is 5.75 Å². The molecule has 1 heterocycles. The van der Waals surface area contributed by atoms with Gasteiger partial charge in [-0.2, -0.15) is 0 Å². The van der Waals surface area contributed by atoms with Crippen LogP contribution >= 0.6 is 15.9 Å². The Bertz CT molecular complexity index is 590. The summed E-state index contributed by atoms with van der Waals surface area (Å²) in [6, 6.07) is 8.76. The largest absolute Gasteiger partial charge is 0.486 e. The van der Waals surface area contributed by atoms with Crippen LogP contribution in [-0.2, 0) is 11.8 Å². The Morgan fingerprint density at radius 3 is 2.60 bits per heavy atom. The lowest BCUT2D eigenvalue weighted by Crippen LogP contribution is -2.04. The second kappa shape index (κ2) is 7.00. The lowest BCUT2D eigenvalue weighted by molar-refractivity contribution is -0.385. The van der Waals surface area contributed by atoms with Crippen LogP contribution in [0.3, 0.4) is 0 Å². The molecule has 1 aromatic carbocycles. The number of halogens is 1. The van der Waals surface area contributed by atoms with Gasteiger partial charge in [0.25, 0.3) is 0 Å². The number of alkyl halides is 1. The third-order valence-corrected chi connectivity index (χ3v) is 3.42. The van der Waals surface area contributed by atoms with E-state index < -0.39 is 4.92 Å². The summed E-state index contributed by atoms with van der Waals surface area (Å²) in [5, 5.41) is 11.6. The number of ether oxygens (including phenoxy) is 1. The number of nitro groups is 1. The fraction of sp³-hybridized carbons (Fsp3) is 0.214. The molecule has 0 bridgehead atoms. The van der Waals surface area contributed by atoms with E-state index in [0.29, 0.717) is 24.1 Å². The number of hydrogen-bond acceptors (Lipinski definition) is 4. The van der Waals surface area contributed by atoms with E-state index in [1.807, 2.05) is 18.2 Å². The van der Waals surface area contributed by atoms with Crippen molar-refractivity contribution in [2.75, 3.05) is 6.61 Å². The fourth-order valence-electron chi connectivity index (χ4n) is 1.74.